The van der Waals surface area contributed by atoms with Crippen molar-refractivity contribution in [2.24, 2.45) is 4.99 Å². The Balaban J connectivity index is 2.20. The van der Waals surface area contributed by atoms with E-state index < -0.39 is 0 Å². The van der Waals surface area contributed by atoms with Gasteiger partial charge in [0.05, 0.1) is 0 Å². The molecule has 1 aromatic carbocycles. The third-order valence-corrected chi connectivity index (χ3v) is 2.79. The Morgan fingerprint density at radius 1 is 1.14 bits per heavy atom. The standard InChI is InChI=1S/C11H13BrN2/c12-10-5-3-9(4-6-10)11-13-7-1-2-8-14-11/h3-6H,1-2,7-8H2,(H,13,14). The molecule has 0 saturated carbocycles. The Labute approximate surface area is 92.6 Å². The first kappa shape index (κ1) is 9.71. The molecule has 0 unspecified atom stereocenters. The van der Waals surface area contributed by atoms with Gasteiger partial charge in [-0.05, 0) is 25.0 Å². The molecule has 2 rings (SSSR count). The third kappa shape index (κ3) is 2.35. The van der Waals surface area contributed by atoms with Crippen molar-refractivity contribution < 1.29 is 0 Å². The Morgan fingerprint density at radius 3 is 2.71 bits per heavy atom. The highest BCUT2D eigenvalue weighted by Crippen LogP contribution is 2.11. The van der Waals surface area contributed by atoms with Crippen LogP contribution in [0, 0.1) is 0 Å². The first-order valence-electron chi connectivity index (χ1n) is 4.90. The summed E-state index contributed by atoms with van der Waals surface area (Å²) in [5.41, 5.74) is 1.18. The number of halogens is 1. The van der Waals surface area contributed by atoms with Crippen molar-refractivity contribution >= 4 is 21.8 Å². The van der Waals surface area contributed by atoms with Gasteiger partial charge in [0.2, 0.25) is 0 Å². The van der Waals surface area contributed by atoms with Gasteiger partial charge in [0.1, 0.15) is 5.84 Å². The highest BCUT2D eigenvalue weighted by Gasteiger charge is 2.04. The van der Waals surface area contributed by atoms with Gasteiger partial charge in [-0.3, -0.25) is 4.99 Å². The van der Waals surface area contributed by atoms with Crippen LogP contribution >= 0.6 is 15.9 Å². The molecule has 0 aliphatic carbocycles. The van der Waals surface area contributed by atoms with Crippen LogP contribution < -0.4 is 5.32 Å². The second kappa shape index (κ2) is 4.60. The smallest absolute Gasteiger partial charge is 0.128 e. The van der Waals surface area contributed by atoms with E-state index >= 15 is 0 Å². The molecule has 0 atom stereocenters. The summed E-state index contributed by atoms with van der Waals surface area (Å²) in [5, 5.41) is 3.35. The summed E-state index contributed by atoms with van der Waals surface area (Å²) in [4.78, 5) is 4.51. The summed E-state index contributed by atoms with van der Waals surface area (Å²) in [6.07, 6.45) is 2.40. The molecule has 3 heteroatoms. The summed E-state index contributed by atoms with van der Waals surface area (Å²) in [6, 6.07) is 8.26. The van der Waals surface area contributed by atoms with Gasteiger partial charge < -0.3 is 5.32 Å². The fourth-order valence-corrected chi connectivity index (χ4v) is 1.76. The van der Waals surface area contributed by atoms with E-state index in [1.807, 2.05) is 12.1 Å². The molecular weight excluding hydrogens is 240 g/mol. The van der Waals surface area contributed by atoms with Gasteiger partial charge in [0.15, 0.2) is 0 Å². The van der Waals surface area contributed by atoms with E-state index in [0.29, 0.717) is 0 Å². The van der Waals surface area contributed by atoms with E-state index in [2.05, 4.69) is 38.4 Å². The van der Waals surface area contributed by atoms with E-state index in [4.69, 9.17) is 0 Å². The molecule has 1 aliphatic heterocycles. The van der Waals surface area contributed by atoms with Gasteiger partial charge in [-0.2, -0.15) is 0 Å². The van der Waals surface area contributed by atoms with Crippen LogP contribution in [0.2, 0.25) is 0 Å². The Morgan fingerprint density at radius 2 is 1.93 bits per heavy atom. The molecule has 0 bridgehead atoms. The van der Waals surface area contributed by atoms with Gasteiger partial charge in [0.25, 0.3) is 0 Å². The number of amidine groups is 1. The van der Waals surface area contributed by atoms with Crippen LogP contribution in [-0.2, 0) is 0 Å². The monoisotopic (exact) mass is 252 g/mol. The number of hydrogen-bond donors (Lipinski definition) is 1. The van der Waals surface area contributed by atoms with Crippen LogP contribution in [0.3, 0.4) is 0 Å². The van der Waals surface area contributed by atoms with Crippen LogP contribution in [-0.4, -0.2) is 18.9 Å². The molecule has 0 amide bonds. The van der Waals surface area contributed by atoms with E-state index in [1.165, 1.54) is 18.4 Å². The van der Waals surface area contributed by atoms with Crippen molar-refractivity contribution in [3.05, 3.63) is 34.3 Å². The molecule has 1 aromatic rings. The second-order valence-electron chi connectivity index (χ2n) is 3.37. The molecule has 0 fully saturated rings. The summed E-state index contributed by atoms with van der Waals surface area (Å²) in [5.74, 6) is 1.04. The zero-order valence-electron chi connectivity index (χ0n) is 7.96. The van der Waals surface area contributed by atoms with Crippen molar-refractivity contribution in [1.82, 2.24) is 5.32 Å². The Bertz CT molecular complexity index is 330. The zero-order valence-corrected chi connectivity index (χ0v) is 9.55. The Kier molecular flexibility index (Phi) is 3.19. The third-order valence-electron chi connectivity index (χ3n) is 2.26. The lowest BCUT2D eigenvalue weighted by atomic mass is 10.2. The molecule has 0 spiro atoms. The fourth-order valence-electron chi connectivity index (χ4n) is 1.49. The van der Waals surface area contributed by atoms with Crippen molar-refractivity contribution in [2.75, 3.05) is 13.1 Å². The first-order valence-corrected chi connectivity index (χ1v) is 5.70. The maximum absolute atomic E-state index is 4.51. The highest BCUT2D eigenvalue weighted by atomic mass is 79.9. The largest absolute Gasteiger partial charge is 0.370 e. The zero-order chi connectivity index (χ0) is 9.80. The molecule has 1 heterocycles. The van der Waals surface area contributed by atoms with E-state index in [0.717, 1.165) is 23.4 Å². The number of aliphatic imine (C=N–C) groups is 1. The lowest BCUT2D eigenvalue weighted by Crippen LogP contribution is -2.23. The van der Waals surface area contributed by atoms with E-state index in [9.17, 15) is 0 Å². The molecule has 0 saturated heterocycles. The lowest BCUT2D eigenvalue weighted by Gasteiger charge is -2.06. The van der Waals surface area contributed by atoms with Crippen LogP contribution in [0.25, 0.3) is 0 Å². The summed E-state index contributed by atoms with van der Waals surface area (Å²) in [6.45, 7) is 1.98. The van der Waals surface area contributed by atoms with E-state index in [1.54, 1.807) is 0 Å². The number of nitrogens with zero attached hydrogens (tertiary/aromatic N) is 1. The summed E-state index contributed by atoms with van der Waals surface area (Å²) < 4.78 is 1.11. The minimum absolute atomic E-state index is 0.943. The maximum Gasteiger partial charge on any atom is 0.128 e. The molecule has 2 nitrogen and oxygen atoms in total. The van der Waals surface area contributed by atoms with E-state index in [-0.39, 0.29) is 0 Å². The maximum atomic E-state index is 4.51. The second-order valence-corrected chi connectivity index (χ2v) is 4.29. The van der Waals surface area contributed by atoms with Crippen molar-refractivity contribution in [3.63, 3.8) is 0 Å². The van der Waals surface area contributed by atoms with Gasteiger partial charge in [-0.25, -0.2) is 0 Å². The SMILES string of the molecule is Brc1ccc(C2=NCCCCN2)cc1. The van der Waals surface area contributed by atoms with Crippen molar-refractivity contribution in [1.29, 1.82) is 0 Å². The first-order chi connectivity index (χ1) is 6.86. The van der Waals surface area contributed by atoms with Gasteiger partial charge in [-0.15, -0.1) is 0 Å². The summed E-state index contributed by atoms with van der Waals surface area (Å²) >= 11 is 3.42. The summed E-state index contributed by atoms with van der Waals surface area (Å²) in [7, 11) is 0. The molecule has 0 aromatic heterocycles. The van der Waals surface area contributed by atoms with Crippen LogP contribution in [0.5, 0.6) is 0 Å². The topological polar surface area (TPSA) is 24.4 Å². The average molecular weight is 253 g/mol. The number of hydrogen-bond acceptors (Lipinski definition) is 2. The van der Waals surface area contributed by atoms with Crippen LogP contribution in [0.15, 0.2) is 33.7 Å². The van der Waals surface area contributed by atoms with Crippen LogP contribution in [0.1, 0.15) is 18.4 Å². The van der Waals surface area contributed by atoms with Crippen molar-refractivity contribution in [2.45, 2.75) is 12.8 Å². The highest BCUT2D eigenvalue weighted by molar-refractivity contribution is 9.10. The normalized spacial score (nSPS) is 16.8. The number of benzene rings is 1. The molecule has 1 aliphatic rings. The Hall–Kier alpha value is -0.830. The quantitative estimate of drug-likeness (QED) is 0.817. The average Bonchev–Trinajstić information content (AvgIpc) is 2.47. The van der Waals surface area contributed by atoms with Crippen molar-refractivity contribution in [3.8, 4) is 0 Å². The van der Waals surface area contributed by atoms with Gasteiger partial charge in [-0.1, -0.05) is 28.1 Å². The van der Waals surface area contributed by atoms with Crippen LogP contribution in [0.4, 0.5) is 0 Å². The number of nitrogens with one attached hydrogen (secondary N) is 1. The molecule has 0 radical (unpaired) electrons. The molecule has 14 heavy (non-hydrogen) atoms. The lowest BCUT2D eigenvalue weighted by molar-refractivity contribution is 0.749. The molecular formula is C11H13BrN2. The molecule has 1 N–H and O–H groups in total. The minimum Gasteiger partial charge on any atom is -0.370 e. The fraction of sp³-hybridized carbons (Fsp3) is 0.364. The molecule has 74 valence electrons. The minimum atomic E-state index is 0.943. The number of rotatable bonds is 1. The predicted molar refractivity (Wildman–Crippen MR) is 62.8 cm³/mol. The van der Waals surface area contributed by atoms with Gasteiger partial charge >= 0.3 is 0 Å². The predicted octanol–water partition coefficient (Wildman–Crippen LogP) is 2.58. The van der Waals surface area contributed by atoms with Gasteiger partial charge in [0, 0.05) is 23.1 Å².